The van der Waals surface area contributed by atoms with Crippen LogP contribution in [-0.4, -0.2) is 22.6 Å². The van der Waals surface area contributed by atoms with Crippen molar-refractivity contribution in [1.82, 2.24) is 4.90 Å². The van der Waals surface area contributed by atoms with Crippen LogP contribution in [0.4, 0.5) is 0 Å². The van der Waals surface area contributed by atoms with Crippen molar-refractivity contribution in [3.05, 3.63) is 28.8 Å². The summed E-state index contributed by atoms with van der Waals surface area (Å²) in [7, 11) is 0. The first-order valence-corrected chi connectivity index (χ1v) is 7.83. The lowest BCUT2D eigenvalue weighted by Crippen LogP contribution is -2.46. The number of halogens is 1. The topological polar surface area (TPSA) is 23.5 Å². The van der Waals surface area contributed by atoms with Gasteiger partial charge in [-0.1, -0.05) is 24.4 Å². The zero-order chi connectivity index (χ0) is 13.2. The number of aromatic hydroxyl groups is 1. The van der Waals surface area contributed by atoms with Crippen LogP contribution < -0.4 is 0 Å². The maximum Gasteiger partial charge on any atom is 0.120 e. The second-order valence-corrected chi connectivity index (χ2v) is 6.43. The van der Waals surface area contributed by atoms with Gasteiger partial charge in [0.15, 0.2) is 0 Å². The Morgan fingerprint density at radius 1 is 1.16 bits per heavy atom. The van der Waals surface area contributed by atoms with Gasteiger partial charge in [-0.05, 0) is 56.3 Å². The second kappa shape index (κ2) is 5.72. The van der Waals surface area contributed by atoms with E-state index in [-0.39, 0.29) is 0 Å². The average molecular weight is 280 g/mol. The summed E-state index contributed by atoms with van der Waals surface area (Å²) in [5.74, 6) is 1.26. The van der Waals surface area contributed by atoms with Crippen molar-refractivity contribution in [1.29, 1.82) is 0 Å². The minimum Gasteiger partial charge on any atom is -0.508 e. The summed E-state index contributed by atoms with van der Waals surface area (Å²) >= 11 is 6.04. The summed E-state index contributed by atoms with van der Waals surface area (Å²) < 4.78 is 0. The molecule has 3 heteroatoms. The van der Waals surface area contributed by atoms with Gasteiger partial charge in [-0.25, -0.2) is 0 Å². The highest BCUT2D eigenvalue weighted by Gasteiger charge is 2.33. The molecule has 1 aliphatic heterocycles. The molecule has 2 nitrogen and oxygen atoms in total. The zero-order valence-electron chi connectivity index (χ0n) is 11.3. The Balaban J connectivity index is 1.75. The summed E-state index contributed by atoms with van der Waals surface area (Å²) in [6.45, 7) is 2.00. The van der Waals surface area contributed by atoms with Gasteiger partial charge in [-0.15, -0.1) is 0 Å². The van der Waals surface area contributed by atoms with Gasteiger partial charge >= 0.3 is 0 Å². The van der Waals surface area contributed by atoms with Crippen LogP contribution in [0.3, 0.4) is 0 Å². The van der Waals surface area contributed by atoms with E-state index in [4.69, 9.17) is 11.6 Å². The number of nitrogens with zero attached hydrogens (tertiary/aromatic N) is 1. The van der Waals surface area contributed by atoms with Crippen LogP contribution in [0.5, 0.6) is 5.75 Å². The molecule has 3 rings (SSSR count). The Hall–Kier alpha value is -0.730. The van der Waals surface area contributed by atoms with Crippen molar-refractivity contribution in [3.8, 4) is 5.75 Å². The SMILES string of the molecule is Oc1ccc(Cl)cc1CN1CCCC2CCCCC21. The van der Waals surface area contributed by atoms with E-state index in [0.717, 1.165) is 30.6 Å². The number of piperidine rings is 1. The molecule has 1 heterocycles. The zero-order valence-corrected chi connectivity index (χ0v) is 12.1. The van der Waals surface area contributed by atoms with Crippen LogP contribution in [0.15, 0.2) is 18.2 Å². The minimum absolute atomic E-state index is 0.377. The molecule has 0 radical (unpaired) electrons. The molecule has 19 heavy (non-hydrogen) atoms. The maximum atomic E-state index is 9.98. The highest BCUT2D eigenvalue weighted by molar-refractivity contribution is 6.30. The monoisotopic (exact) mass is 279 g/mol. The van der Waals surface area contributed by atoms with E-state index in [1.54, 1.807) is 12.1 Å². The van der Waals surface area contributed by atoms with Crippen LogP contribution in [0.1, 0.15) is 44.1 Å². The lowest BCUT2D eigenvalue weighted by molar-refractivity contribution is 0.0541. The van der Waals surface area contributed by atoms with Gasteiger partial charge < -0.3 is 5.11 Å². The fraction of sp³-hybridized carbons (Fsp3) is 0.625. The number of hydrogen-bond donors (Lipinski definition) is 1. The minimum atomic E-state index is 0.377. The lowest BCUT2D eigenvalue weighted by atomic mass is 9.78. The molecule has 1 saturated heterocycles. The van der Waals surface area contributed by atoms with Crippen molar-refractivity contribution >= 4 is 11.6 Å². The summed E-state index contributed by atoms with van der Waals surface area (Å²) in [6.07, 6.45) is 8.16. The van der Waals surface area contributed by atoms with Gasteiger partial charge in [0.2, 0.25) is 0 Å². The smallest absolute Gasteiger partial charge is 0.120 e. The number of phenols is 1. The maximum absolute atomic E-state index is 9.98. The average Bonchev–Trinajstić information content (AvgIpc) is 2.43. The summed E-state index contributed by atoms with van der Waals surface area (Å²) in [4.78, 5) is 2.57. The van der Waals surface area contributed by atoms with E-state index in [0.29, 0.717) is 10.8 Å². The van der Waals surface area contributed by atoms with Crippen LogP contribution in [0.25, 0.3) is 0 Å². The first kappa shape index (κ1) is 13.3. The molecule has 2 unspecified atom stereocenters. The van der Waals surface area contributed by atoms with E-state index < -0.39 is 0 Å². The van der Waals surface area contributed by atoms with E-state index in [1.165, 1.54) is 38.5 Å². The van der Waals surface area contributed by atoms with Gasteiger partial charge in [-0.2, -0.15) is 0 Å². The van der Waals surface area contributed by atoms with Crippen molar-refractivity contribution < 1.29 is 5.11 Å². The highest BCUT2D eigenvalue weighted by Crippen LogP contribution is 2.36. The number of hydrogen-bond acceptors (Lipinski definition) is 2. The molecule has 0 amide bonds. The number of rotatable bonds is 2. The lowest BCUT2D eigenvalue weighted by Gasteiger charge is -2.44. The quantitative estimate of drug-likeness (QED) is 0.877. The Morgan fingerprint density at radius 2 is 1.95 bits per heavy atom. The Bertz CT molecular complexity index is 446. The Labute approximate surface area is 120 Å². The van der Waals surface area contributed by atoms with Crippen LogP contribution >= 0.6 is 11.6 Å². The third-order valence-electron chi connectivity index (χ3n) is 4.77. The first-order chi connectivity index (χ1) is 9.24. The molecule has 2 atom stereocenters. The molecule has 1 aromatic carbocycles. The number of benzene rings is 1. The van der Waals surface area contributed by atoms with Crippen molar-refractivity contribution in [3.63, 3.8) is 0 Å². The Morgan fingerprint density at radius 3 is 2.84 bits per heavy atom. The first-order valence-electron chi connectivity index (χ1n) is 7.45. The summed E-state index contributed by atoms with van der Waals surface area (Å²) in [5.41, 5.74) is 0.971. The third kappa shape index (κ3) is 2.90. The predicted molar refractivity (Wildman–Crippen MR) is 78.5 cm³/mol. The van der Waals surface area contributed by atoms with Crippen molar-refractivity contribution in [2.75, 3.05) is 6.54 Å². The molecule has 1 aliphatic carbocycles. The molecule has 2 aliphatic rings. The van der Waals surface area contributed by atoms with Gasteiger partial charge in [0.1, 0.15) is 5.75 Å². The Kier molecular flexibility index (Phi) is 3.99. The fourth-order valence-corrected chi connectivity index (χ4v) is 4.02. The van der Waals surface area contributed by atoms with Crippen molar-refractivity contribution in [2.24, 2.45) is 5.92 Å². The molecule has 1 N–H and O–H groups in total. The second-order valence-electron chi connectivity index (χ2n) is 6.00. The van der Waals surface area contributed by atoms with Gasteiger partial charge in [0, 0.05) is 23.2 Å². The predicted octanol–water partition coefficient (Wildman–Crippen LogP) is 4.20. The molecule has 0 bridgehead atoms. The largest absolute Gasteiger partial charge is 0.508 e. The molecule has 1 aromatic rings. The molecule has 0 aromatic heterocycles. The number of likely N-dealkylation sites (tertiary alicyclic amines) is 1. The highest BCUT2D eigenvalue weighted by atomic mass is 35.5. The normalized spacial score (nSPS) is 28.1. The fourth-order valence-electron chi connectivity index (χ4n) is 3.82. The van der Waals surface area contributed by atoms with E-state index in [9.17, 15) is 5.11 Å². The van der Waals surface area contributed by atoms with Crippen molar-refractivity contribution in [2.45, 2.75) is 51.1 Å². The molecule has 2 fully saturated rings. The number of phenolic OH excluding ortho intramolecular Hbond substituents is 1. The van der Waals surface area contributed by atoms with Gasteiger partial charge in [0.25, 0.3) is 0 Å². The van der Waals surface area contributed by atoms with Crippen LogP contribution in [-0.2, 0) is 6.54 Å². The van der Waals surface area contributed by atoms with Gasteiger partial charge in [0.05, 0.1) is 0 Å². The van der Waals surface area contributed by atoms with E-state index in [2.05, 4.69) is 4.90 Å². The standard InChI is InChI=1S/C16H22ClNO/c17-14-7-8-16(19)13(10-14)11-18-9-3-5-12-4-1-2-6-15(12)18/h7-8,10,12,15,19H,1-6,9,11H2. The molecular weight excluding hydrogens is 258 g/mol. The summed E-state index contributed by atoms with van der Waals surface area (Å²) in [6, 6.07) is 6.09. The molecular formula is C16H22ClNO. The molecule has 1 saturated carbocycles. The van der Waals surface area contributed by atoms with Crippen LogP contribution in [0.2, 0.25) is 5.02 Å². The van der Waals surface area contributed by atoms with E-state index in [1.807, 2.05) is 6.07 Å². The van der Waals surface area contributed by atoms with Gasteiger partial charge in [-0.3, -0.25) is 4.90 Å². The third-order valence-corrected chi connectivity index (χ3v) is 5.01. The molecule has 0 spiro atoms. The molecule has 104 valence electrons. The van der Waals surface area contributed by atoms with E-state index >= 15 is 0 Å². The van der Waals surface area contributed by atoms with Crippen LogP contribution in [0, 0.1) is 5.92 Å². The number of fused-ring (bicyclic) bond motifs is 1. The summed E-state index contributed by atoms with van der Waals surface area (Å²) in [5, 5.41) is 10.7.